The SMILES string of the molecule is CCc1cc(CO)cc(CC(=O)OC)c1C#N. The molecular formula is C13H15NO3. The third-order valence-corrected chi connectivity index (χ3v) is 2.60. The summed E-state index contributed by atoms with van der Waals surface area (Å²) in [6, 6.07) is 5.57. The lowest BCUT2D eigenvalue weighted by Crippen LogP contribution is -2.08. The Morgan fingerprint density at radius 1 is 1.47 bits per heavy atom. The molecule has 1 aromatic carbocycles. The highest BCUT2D eigenvalue weighted by Gasteiger charge is 2.13. The van der Waals surface area contributed by atoms with Gasteiger partial charge in [-0.2, -0.15) is 5.26 Å². The summed E-state index contributed by atoms with van der Waals surface area (Å²) in [6.07, 6.45) is 0.741. The largest absolute Gasteiger partial charge is 0.469 e. The predicted molar refractivity (Wildman–Crippen MR) is 62.2 cm³/mol. The first-order valence-corrected chi connectivity index (χ1v) is 5.38. The van der Waals surface area contributed by atoms with E-state index in [2.05, 4.69) is 10.8 Å². The normalized spacial score (nSPS) is 9.76. The molecule has 0 heterocycles. The number of hydrogen-bond donors (Lipinski definition) is 1. The molecule has 0 radical (unpaired) electrons. The van der Waals surface area contributed by atoms with E-state index >= 15 is 0 Å². The number of rotatable bonds is 4. The molecule has 0 bridgehead atoms. The number of aliphatic hydroxyl groups is 1. The van der Waals surface area contributed by atoms with Crippen molar-refractivity contribution < 1.29 is 14.6 Å². The van der Waals surface area contributed by atoms with Crippen molar-refractivity contribution in [1.82, 2.24) is 0 Å². The number of esters is 1. The molecule has 1 rings (SSSR count). The van der Waals surface area contributed by atoms with Crippen LogP contribution in [0.25, 0.3) is 0 Å². The molecule has 1 aromatic rings. The van der Waals surface area contributed by atoms with Gasteiger partial charge in [0.1, 0.15) is 0 Å². The van der Waals surface area contributed by atoms with Crippen molar-refractivity contribution in [1.29, 1.82) is 5.26 Å². The number of aliphatic hydroxyl groups excluding tert-OH is 1. The summed E-state index contributed by atoms with van der Waals surface area (Å²) >= 11 is 0. The van der Waals surface area contributed by atoms with Crippen molar-refractivity contribution in [2.75, 3.05) is 7.11 Å². The number of carbonyl (C=O) groups excluding carboxylic acids is 1. The van der Waals surface area contributed by atoms with Crippen LogP contribution < -0.4 is 0 Å². The molecule has 90 valence electrons. The first-order valence-electron chi connectivity index (χ1n) is 5.38. The van der Waals surface area contributed by atoms with E-state index in [4.69, 9.17) is 10.4 Å². The first kappa shape index (κ1) is 13.2. The molecule has 4 heteroatoms. The summed E-state index contributed by atoms with van der Waals surface area (Å²) in [5.41, 5.74) is 2.68. The predicted octanol–water partition coefficient (Wildman–Crippen LogP) is 1.33. The zero-order valence-corrected chi connectivity index (χ0v) is 9.99. The van der Waals surface area contributed by atoms with Crippen molar-refractivity contribution in [3.05, 3.63) is 34.4 Å². The van der Waals surface area contributed by atoms with E-state index in [1.54, 1.807) is 12.1 Å². The van der Waals surface area contributed by atoms with Crippen LogP contribution in [0.2, 0.25) is 0 Å². The molecule has 17 heavy (non-hydrogen) atoms. The number of methoxy groups -OCH3 is 1. The first-order chi connectivity index (χ1) is 8.15. The van der Waals surface area contributed by atoms with Crippen molar-refractivity contribution in [3.8, 4) is 6.07 Å². The Bertz CT molecular complexity index is 460. The minimum absolute atomic E-state index is 0.0558. The minimum Gasteiger partial charge on any atom is -0.469 e. The average Bonchev–Trinajstić information content (AvgIpc) is 2.37. The van der Waals surface area contributed by atoms with E-state index in [-0.39, 0.29) is 13.0 Å². The molecule has 0 spiro atoms. The van der Waals surface area contributed by atoms with Gasteiger partial charge < -0.3 is 9.84 Å². The van der Waals surface area contributed by atoms with Crippen LogP contribution in [-0.4, -0.2) is 18.2 Å². The maximum absolute atomic E-state index is 11.3. The number of carbonyl (C=O) groups is 1. The highest BCUT2D eigenvalue weighted by Crippen LogP contribution is 2.19. The smallest absolute Gasteiger partial charge is 0.310 e. The highest BCUT2D eigenvalue weighted by molar-refractivity contribution is 5.74. The van der Waals surface area contributed by atoms with Crippen LogP contribution in [0.4, 0.5) is 0 Å². The Morgan fingerprint density at radius 2 is 2.12 bits per heavy atom. The summed E-state index contributed by atoms with van der Waals surface area (Å²) in [7, 11) is 1.31. The van der Waals surface area contributed by atoms with Crippen LogP contribution in [-0.2, 0) is 29.0 Å². The summed E-state index contributed by atoms with van der Waals surface area (Å²) in [4.78, 5) is 11.3. The number of benzene rings is 1. The van der Waals surface area contributed by atoms with Gasteiger partial charge in [0.25, 0.3) is 0 Å². The van der Waals surface area contributed by atoms with Gasteiger partial charge in [0, 0.05) is 0 Å². The Balaban J connectivity index is 3.25. The third kappa shape index (κ3) is 3.05. The maximum atomic E-state index is 11.3. The van der Waals surface area contributed by atoms with Gasteiger partial charge in [0.05, 0.1) is 31.8 Å². The third-order valence-electron chi connectivity index (χ3n) is 2.60. The van der Waals surface area contributed by atoms with Gasteiger partial charge in [-0.05, 0) is 23.1 Å². The monoisotopic (exact) mass is 233 g/mol. The van der Waals surface area contributed by atoms with Crippen LogP contribution in [0.3, 0.4) is 0 Å². The Kier molecular flexibility index (Phi) is 4.68. The van der Waals surface area contributed by atoms with E-state index in [9.17, 15) is 4.79 Å². The Labute approximate surface area is 100 Å². The maximum Gasteiger partial charge on any atom is 0.310 e. The molecule has 0 aliphatic heterocycles. The molecule has 0 aliphatic rings. The lowest BCUT2D eigenvalue weighted by atomic mass is 9.95. The van der Waals surface area contributed by atoms with Gasteiger partial charge in [0.2, 0.25) is 0 Å². The van der Waals surface area contributed by atoms with Gasteiger partial charge in [-0.1, -0.05) is 19.1 Å². The number of nitrogens with zero attached hydrogens (tertiary/aromatic N) is 1. The summed E-state index contributed by atoms with van der Waals surface area (Å²) in [5.74, 6) is -0.390. The average molecular weight is 233 g/mol. The topological polar surface area (TPSA) is 70.3 Å². The van der Waals surface area contributed by atoms with Crippen LogP contribution in [0, 0.1) is 11.3 Å². The molecule has 0 atom stereocenters. The van der Waals surface area contributed by atoms with E-state index in [1.807, 2.05) is 6.92 Å². The van der Waals surface area contributed by atoms with Crippen molar-refractivity contribution >= 4 is 5.97 Å². The molecule has 0 saturated carbocycles. The van der Waals surface area contributed by atoms with E-state index in [0.29, 0.717) is 23.1 Å². The van der Waals surface area contributed by atoms with Crippen molar-refractivity contribution in [2.45, 2.75) is 26.4 Å². The van der Waals surface area contributed by atoms with Gasteiger partial charge in [-0.3, -0.25) is 4.79 Å². The van der Waals surface area contributed by atoms with E-state index in [1.165, 1.54) is 7.11 Å². The van der Waals surface area contributed by atoms with E-state index in [0.717, 1.165) is 5.56 Å². The highest BCUT2D eigenvalue weighted by atomic mass is 16.5. The van der Waals surface area contributed by atoms with Crippen molar-refractivity contribution in [2.24, 2.45) is 0 Å². The van der Waals surface area contributed by atoms with Gasteiger partial charge in [-0.15, -0.1) is 0 Å². The fourth-order valence-corrected chi connectivity index (χ4v) is 1.72. The summed E-state index contributed by atoms with van der Waals surface area (Å²) in [6.45, 7) is 1.83. The number of ether oxygens (including phenoxy) is 1. The molecule has 0 amide bonds. The second-order valence-corrected chi connectivity index (χ2v) is 3.67. The van der Waals surface area contributed by atoms with Crippen LogP contribution in [0.1, 0.15) is 29.2 Å². The van der Waals surface area contributed by atoms with Crippen LogP contribution in [0.15, 0.2) is 12.1 Å². The summed E-state index contributed by atoms with van der Waals surface area (Å²) < 4.78 is 4.59. The zero-order valence-electron chi connectivity index (χ0n) is 9.99. The van der Waals surface area contributed by atoms with Crippen molar-refractivity contribution in [3.63, 3.8) is 0 Å². The molecular weight excluding hydrogens is 218 g/mol. The standard InChI is InChI=1S/C13H15NO3/c1-3-10-4-9(8-15)5-11(12(10)7-14)6-13(16)17-2/h4-5,15H,3,6,8H2,1-2H3. The van der Waals surface area contributed by atoms with Gasteiger partial charge in [-0.25, -0.2) is 0 Å². The fourth-order valence-electron chi connectivity index (χ4n) is 1.72. The molecule has 4 nitrogen and oxygen atoms in total. The zero-order chi connectivity index (χ0) is 12.8. The molecule has 0 unspecified atom stereocenters. The minimum atomic E-state index is -0.390. The molecule has 1 N–H and O–H groups in total. The number of aryl methyl sites for hydroxylation is 1. The molecule has 0 aliphatic carbocycles. The molecule has 0 fully saturated rings. The molecule has 0 saturated heterocycles. The second kappa shape index (κ2) is 6.02. The lowest BCUT2D eigenvalue weighted by Gasteiger charge is -2.10. The quantitative estimate of drug-likeness (QED) is 0.796. The number of hydrogen-bond acceptors (Lipinski definition) is 4. The van der Waals surface area contributed by atoms with Crippen LogP contribution in [0.5, 0.6) is 0 Å². The molecule has 0 aromatic heterocycles. The Hall–Kier alpha value is -1.86. The van der Waals surface area contributed by atoms with Crippen LogP contribution >= 0.6 is 0 Å². The lowest BCUT2D eigenvalue weighted by molar-refractivity contribution is -0.139. The second-order valence-electron chi connectivity index (χ2n) is 3.67. The number of nitriles is 1. The van der Waals surface area contributed by atoms with Gasteiger partial charge >= 0.3 is 5.97 Å². The van der Waals surface area contributed by atoms with E-state index < -0.39 is 5.97 Å². The Morgan fingerprint density at radius 3 is 2.59 bits per heavy atom. The van der Waals surface area contributed by atoms with Gasteiger partial charge in [0.15, 0.2) is 0 Å². The summed E-state index contributed by atoms with van der Waals surface area (Å²) in [5, 5.41) is 18.3. The fraction of sp³-hybridized carbons (Fsp3) is 0.385.